The summed E-state index contributed by atoms with van der Waals surface area (Å²) in [6, 6.07) is 0. The highest BCUT2D eigenvalue weighted by molar-refractivity contribution is 7.89. The number of rotatable bonds is 7. The number of nitrogens with one attached hydrogen (secondary N) is 1. The van der Waals surface area contributed by atoms with E-state index in [-0.39, 0.29) is 17.8 Å². The molecule has 0 spiro atoms. The van der Waals surface area contributed by atoms with Crippen LogP contribution in [0.2, 0.25) is 0 Å². The van der Waals surface area contributed by atoms with Crippen molar-refractivity contribution < 1.29 is 13.5 Å². The molecule has 0 amide bonds. The number of aliphatic hydroxyl groups is 1. The lowest BCUT2D eigenvalue weighted by Gasteiger charge is -2.35. The number of hydrogen-bond acceptors (Lipinski definition) is 4. The van der Waals surface area contributed by atoms with Crippen LogP contribution in [0.25, 0.3) is 0 Å². The van der Waals surface area contributed by atoms with Gasteiger partial charge in [0, 0.05) is 39.2 Å². The van der Waals surface area contributed by atoms with Gasteiger partial charge in [-0.2, -0.15) is 0 Å². The van der Waals surface area contributed by atoms with Gasteiger partial charge >= 0.3 is 0 Å². The molecule has 2 N–H and O–H groups in total. The molecule has 0 bridgehead atoms. The summed E-state index contributed by atoms with van der Waals surface area (Å²) in [4.78, 5) is 0. The van der Waals surface area contributed by atoms with Gasteiger partial charge in [-0.25, -0.2) is 12.7 Å². The molecule has 1 rings (SSSR count). The van der Waals surface area contributed by atoms with E-state index in [4.69, 9.17) is 0 Å². The Labute approximate surface area is 111 Å². The Morgan fingerprint density at radius 1 is 1.22 bits per heavy atom. The molecular weight excluding hydrogens is 252 g/mol. The molecule has 0 heterocycles. The van der Waals surface area contributed by atoms with Gasteiger partial charge in [0.15, 0.2) is 0 Å². The van der Waals surface area contributed by atoms with Crippen LogP contribution in [0.3, 0.4) is 0 Å². The zero-order valence-corrected chi connectivity index (χ0v) is 12.3. The Balaban J connectivity index is 2.32. The number of aliphatic hydroxyl groups excluding tert-OH is 1. The lowest BCUT2D eigenvalue weighted by atomic mass is 9.74. The van der Waals surface area contributed by atoms with Crippen molar-refractivity contribution >= 4 is 10.0 Å². The third-order valence-electron chi connectivity index (χ3n) is 3.84. The van der Waals surface area contributed by atoms with Gasteiger partial charge in [0.25, 0.3) is 0 Å². The monoisotopic (exact) mass is 278 g/mol. The molecule has 0 aromatic heterocycles. The minimum atomic E-state index is -3.12. The molecule has 0 saturated heterocycles. The van der Waals surface area contributed by atoms with Gasteiger partial charge in [0.2, 0.25) is 10.0 Å². The third kappa shape index (κ3) is 4.50. The van der Waals surface area contributed by atoms with Crippen molar-refractivity contribution in [3.8, 4) is 0 Å². The van der Waals surface area contributed by atoms with Gasteiger partial charge in [-0.05, 0) is 12.8 Å². The third-order valence-corrected chi connectivity index (χ3v) is 5.68. The van der Waals surface area contributed by atoms with E-state index >= 15 is 0 Å². The maximum atomic E-state index is 11.6. The van der Waals surface area contributed by atoms with Gasteiger partial charge in [-0.15, -0.1) is 0 Å². The molecule has 5 nitrogen and oxygen atoms in total. The zero-order valence-electron chi connectivity index (χ0n) is 11.5. The maximum Gasteiger partial charge on any atom is 0.214 e. The highest BCUT2D eigenvalue weighted by Crippen LogP contribution is 2.35. The van der Waals surface area contributed by atoms with Crippen LogP contribution in [0.15, 0.2) is 0 Å². The van der Waals surface area contributed by atoms with Crippen LogP contribution >= 0.6 is 0 Å². The zero-order chi connectivity index (χ0) is 13.6. The fourth-order valence-electron chi connectivity index (χ4n) is 2.43. The number of nitrogens with zero attached hydrogens (tertiary/aromatic N) is 1. The Morgan fingerprint density at radius 2 is 1.83 bits per heavy atom. The van der Waals surface area contributed by atoms with Crippen LogP contribution in [-0.2, 0) is 10.0 Å². The van der Waals surface area contributed by atoms with Crippen molar-refractivity contribution in [2.45, 2.75) is 32.1 Å². The fraction of sp³-hybridized carbons (Fsp3) is 1.00. The standard InChI is InChI=1S/C12H26N2O3S/c1-14(2)18(16,17)9-8-13-10-12(11-15)6-4-3-5-7-12/h13,15H,3-11H2,1-2H3. The molecule has 1 saturated carbocycles. The minimum Gasteiger partial charge on any atom is -0.396 e. The molecule has 1 fully saturated rings. The fourth-order valence-corrected chi connectivity index (χ4v) is 3.20. The Morgan fingerprint density at radius 3 is 2.33 bits per heavy atom. The van der Waals surface area contributed by atoms with Crippen molar-refractivity contribution in [3.05, 3.63) is 0 Å². The molecule has 0 unspecified atom stereocenters. The Hall–Kier alpha value is -0.170. The average molecular weight is 278 g/mol. The van der Waals surface area contributed by atoms with Crippen molar-refractivity contribution in [1.82, 2.24) is 9.62 Å². The quantitative estimate of drug-likeness (QED) is 0.662. The second-order valence-electron chi connectivity index (χ2n) is 5.49. The predicted molar refractivity (Wildman–Crippen MR) is 72.9 cm³/mol. The molecule has 0 radical (unpaired) electrons. The summed E-state index contributed by atoms with van der Waals surface area (Å²) in [6.07, 6.45) is 5.65. The van der Waals surface area contributed by atoms with Gasteiger partial charge < -0.3 is 10.4 Å². The van der Waals surface area contributed by atoms with Crippen LogP contribution in [-0.4, -0.2) is 57.4 Å². The molecule has 1 aliphatic rings. The van der Waals surface area contributed by atoms with Gasteiger partial charge in [-0.1, -0.05) is 19.3 Å². The van der Waals surface area contributed by atoms with Crippen LogP contribution in [0.4, 0.5) is 0 Å². The lowest BCUT2D eigenvalue weighted by Crippen LogP contribution is -2.41. The molecule has 0 aromatic rings. The first-order valence-electron chi connectivity index (χ1n) is 6.64. The van der Waals surface area contributed by atoms with Crippen molar-refractivity contribution in [2.75, 3.05) is 39.5 Å². The number of hydrogen-bond donors (Lipinski definition) is 2. The first-order valence-corrected chi connectivity index (χ1v) is 8.25. The first kappa shape index (κ1) is 15.9. The second kappa shape index (κ2) is 6.84. The van der Waals surface area contributed by atoms with E-state index in [0.29, 0.717) is 13.1 Å². The number of sulfonamides is 1. The van der Waals surface area contributed by atoms with E-state index in [0.717, 1.165) is 25.7 Å². The van der Waals surface area contributed by atoms with E-state index < -0.39 is 10.0 Å². The van der Waals surface area contributed by atoms with Gasteiger partial charge in [0.05, 0.1) is 5.75 Å². The van der Waals surface area contributed by atoms with E-state index in [1.54, 1.807) is 14.1 Å². The molecule has 1 aliphatic carbocycles. The van der Waals surface area contributed by atoms with Gasteiger partial charge in [0.1, 0.15) is 0 Å². The summed E-state index contributed by atoms with van der Waals surface area (Å²) in [6.45, 7) is 1.36. The smallest absolute Gasteiger partial charge is 0.214 e. The van der Waals surface area contributed by atoms with Crippen molar-refractivity contribution in [3.63, 3.8) is 0 Å². The SMILES string of the molecule is CN(C)S(=O)(=O)CCNCC1(CO)CCCCC1. The van der Waals surface area contributed by atoms with Gasteiger partial charge in [-0.3, -0.25) is 0 Å². The van der Waals surface area contributed by atoms with Crippen LogP contribution in [0.5, 0.6) is 0 Å². The average Bonchev–Trinajstić information content (AvgIpc) is 2.36. The summed E-state index contributed by atoms with van der Waals surface area (Å²) in [7, 11) is -0.0247. The highest BCUT2D eigenvalue weighted by atomic mass is 32.2. The Bertz CT molecular complexity index is 335. The molecule has 6 heteroatoms. The summed E-state index contributed by atoms with van der Waals surface area (Å²) >= 11 is 0. The molecule has 18 heavy (non-hydrogen) atoms. The normalized spacial score (nSPS) is 20.2. The maximum absolute atomic E-state index is 11.6. The van der Waals surface area contributed by atoms with Crippen molar-refractivity contribution in [1.29, 1.82) is 0 Å². The largest absolute Gasteiger partial charge is 0.396 e. The molecule has 0 aliphatic heterocycles. The first-order chi connectivity index (χ1) is 8.42. The van der Waals surface area contributed by atoms with Crippen LogP contribution < -0.4 is 5.32 Å². The highest BCUT2D eigenvalue weighted by Gasteiger charge is 2.30. The van der Waals surface area contributed by atoms with Crippen LogP contribution in [0, 0.1) is 5.41 Å². The van der Waals surface area contributed by atoms with E-state index in [1.165, 1.54) is 10.7 Å². The minimum absolute atomic E-state index is 0.0277. The molecule has 0 atom stereocenters. The Kier molecular flexibility index (Phi) is 6.04. The summed E-state index contributed by atoms with van der Waals surface area (Å²) in [5.74, 6) is 0.113. The summed E-state index contributed by atoms with van der Waals surface area (Å²) < 4.78 is 24.4. The predicted octanol–water partition coefficient (Wildman–Crippen LogP) is 0.410. The summed E-state index contributed by atoms with van der Waals surface area (Å²) in [5.41, 5.74) is -0.0277. The van der Waals surface area contributed by atoms with E-state index in [9.17, 15) is 13.5 Å². The summed E-state index contributed by atoms with van der Waals surface area (Å²) in [5, 5.41) is 12.7. The topological polar surface area (TPSA) is 69.6 Å². The molecular formula is C12H26N2O3S. The second-order valence-corrected chi connectivity index (χ2v) is 7.80. The van der Waals surface area contributed by atoms with Crippen molar-refractivity contribution in [2.24, 2.45) is 5.41 Å². The lowest BCUT2D eigenvalue weighted by molar-refractivity contribution is 0.0820. The molecule has 0 aromatic carbocycles. The van der Waals surface area contributed by atoms with E-state index in [1.807, 2.05) is 0 Å². The molecule has 108 valence electrons. The van der Waals surface area contributed by atoms with Crippen LogP contribution in [0.1, 0.15) is 32.1 Å². The van der Waals surface area contributed by atoms with E-state index in [2.05, 4.69) is 5.32 Å².